The molecule has 1 aromatic heterocycles. The maximum atomic E-state index is 13.0. The summed E-state index contributed by atoms with van der Waals surface area (Å²) in [6, 6.07) is 5.24. The van der Waals surface area contributed by atoms with Crippen molar-refractivity contribution in [1.82, 2.24) is 9.29 Å². The van der Waals surface area contributed by atoms with Crippen LogP contribution in [-0.2, 0) is 27.0 Å². The average Bonchev–Trinajstić information content (AvgIpc) is 3.05. The molecule has 1 aliphatic rings. The van der Waals surface area contributed by atoms with Gasteiger partial charge in [0.25, 0.3) is 0 Å². The number of aliphatic hydroxyl groups excluding tert-OH is 1. The lowest BCUT2D eigenvalue weighted by atomic mass is 10.1. The number of rotatable bonds is 5. The number of hydrogen-bond donors (Lipinski definition) is 2. The first-order chi connectivity index (χ1) is 14.3. The average molecular weight is 519 g/mol. The molecule has 1 fully saturated rings. The third-order valence-electron chi connectivity index (χ3n) is 4.73. The Balaban J connectivity index is 1.92. The number of pyridine rings is 1. The molecule has 0 bridgehead atoms. The van der Waals surface area contributed by atoms with E-state index in [4.69, 9.17) is 23.2 Å². The van der Waals surface area contributed by atoms with E-state index in [-0.39, 0.29) is 20.0 Å². The summed E-state index contributed by atoms with van der Waals surface area (Å²) in [5, 5.41) is 18.8. The molecular weight excluding hydrogens is 504 g/mol. The zero-order valence-corrected chi connectivity index (χ0v) is 18.5. The molecule has 2 N–H and O–H groups in total. The van der Waals surface area contributed by atoms with E-state index < -0.39 is 63.1 Å². The van der Waals surface area contributed by atoms with Gasteiger partial charge >= 0.3 is 6.18 Å². The van der Waals surface area contributed by atoms with Gasteiger partial charge in [0.1, 0.15) is 15.5 Å². The smallest absolute Gasteiger partial charge is 0.393 e. The summed E-state index contributed by atoms with van der Waals surface area (Å²) in [7, 11) is -6.51. The highest BCUT2D eigenvalue weighted by Gasteiger charge is 2.52. The molecule has 0 saturated carbocycles. The van der Waals surface area contributed by atoms with Crippen molar-refractivity contribution < 1.29 is 36.0 Å². The molecule has 1 aliphatic heterocycles. The van der Waals surface area contributed by atoms with Gasteiger partial charge in [-0.05, 0) is 30.3 Å². The maximum Gasteiger partial charge on any atom is 0.417 e. The van der Waals surface area contributed by atoms with Crippen LogP contribution in [0.3, 0.4) is 0 Å². The van der Waals surface area contributed by atoms with Gasteiger partial charge in [-0.25, -0.2) is 13.4 Å². The van der Waals surface area contributed by atoms with Crippen LogP contribution >= 0.6 is 23.2 Å². The van der Waals surface area contributed by atoms with Crippen molar-refractivity contribution >= 4 is 44.0 Å². The first-order valence-electron chi connectivity index (χ1n) is 8.52. The molecule has 0 spiro atoms. The Bertz CT molecular complexity index is 1120. The van der Waals surface area contributed by atoms with Crippen molar-refractivity contribution in [2.24, 2.45) is 0 Å². The second-order valence-corrected chi connectivity index (χ2v) is 11.1. The number of hydrogen-bond acceptors (Lipinski definition) is 6. The van der Waals surface area contributed by atoms with E-state index in [1.165, 1.54) is 18.2 Å². The van der Waals surface area contributed by atoms with Gasteiger partial charge in [-0.2, -0.15) is 17.5 Å². The van der Waals surface area contributed by atoms with Crippen LogP contribution in [0.25, 0.3) is 0 Å². The maximum absolute atomic E-state index is 13.0. The van der Waals surface area contributed by atoms with Gasteiger partial charge in [0.05, 0.1) is 33.2 Å². The first-order valence-corrected chi connectivity index (χ1v) is 11.9. The molecule has 7 nitrogen and oxygen atoms in total. The van der Waals surface area contributed by atoms with Crippen molar-refractivity contribution in [3.05, 3.63) is 52.1 Å². The van der Waals surface area contributed by atoms with Crippen LogP contribution in [0.1, 0.15) is 5.56 Å². The quantitative estimate of drug-likeness (QED) is 0.628. The third-order valence-corrected chi connectivity index (χ3v) is 9.02. The van der Waals surface area contributed by atoms with Crippen LogP contribution in [-0.4, -0.2) is 62.7 Å². The van der Waals surface area contributed by atoms with E-state index in [1.807, 2.05) is 0 Å². The van der Waals surface area contributed by atoms with Crippen molar-refractivity contribution in [2.75, 3.05) is 19.7 Å². The normalized spacial score (nSPS) is 23.8. The van der Waals surface area contributed by atoms with Crippen molar-refractivity contribution in [3.63, 3.8) is 0 Å². The lowest BCUT2D eigenvalue weighted by Crippen LogP contribution is -2.47. The Hall–Kier alpha value is -1.28. The SMILES string of the molecule is O=S(c1ccc(C(F)(F)F)cn1)[C@H]1CN(S(=O)(=O)c2ccc(Cl)cc2Cl)CC1(O)CO. The fraction of sp³-hybridized carbons (Fsp3) is 0.353. The molecule has 3 rings (SSSR count). The molecule has 31 heavy (non-hydrogen) atoms. The standard InChI is InChI=1S/C17H15Cl2F3N2O5S2/c18-11-2-3-13(12(19)5-11)31(28,29)24-7-14(16(26,8-24)9-25)30(27)15-4-1-10(6-23-15)17(20,21)22/h1-6,14,25-26H,7-9H2/t14-,16?,30?/m0/s1. The van der Waals surface area contributed by atoms with Crippen LogP contribution in [0, 0.1) is 0 Å². The Labute approximate surface area is 187 Å². The van der Waals surface area contributed by atoms with E-state index in [0.29, 0.717) is 12.3 Å². The fourth-order valence-electron chi connectivity index (χ4n) is 3.06. The van der Waals surface area contributed by atoms with E-state index in [9.17, 15) is 36.0 Å². The van der Waals surface area contributed by atoms with Gasteiger partial charge in [0.2, 0.25) is 10.0 Å². The molecule has 170 valence electrons. The molecule has 3 atom stereocenters. The summed E-state index contributed by atoms with van der Waals surface area (Å²) in [6.07, 6.45) is -4.16. The van der Waals surface area contributed by atoms with Crippen LogP contribution < -0.4 is 0 Å². The zero-order valence-electron chi connectivity index (χ0n) is 15.4. The van der Waals surface area contributed by atoms with Crippen LogP contribution in [0.4, 0.5) is 13.2 Å². The van der Waals surface area contributed by atoms with Crippen molar-refractivity contribution in [3.8, 4) is 0 Å². The van der Waals surface area contributed by atoms with Gasteiger partial charge < -0.3 is 10.2 Å². The molecule has 2 unspecified atom stereocenters. The third kappa shape index (κ3) is 4.75. The van der Waals surface area contributed by atoms with E-state index in [0.717, 1.165) is 10.4 Å². The number of alkyl halides is 3. The minimum absolute atomic E-state index is 0.172. The van der Waals surface area contributed by atoms with E-state index in [2.05, 4.69) is 4.98 Å². The molecule has 1 saturated heterocycles. The number of aliphatic hydroxyl groups is 2. The monoisotopic (exact) mass is 518 g/mol. The topological polar surface area (TPSA) is 108 Å². The highest BCUT2D eigenvalue weighted by atomic mass is 35.5. The first kappa shape index (κ1) is 24.4. The summed E-state index contributed by atoms with van der Waals surface area (Å²) in [5.41, 5.74) is -3.18. The van der Waals surface area contributed by atoms with Gasteiger partial charge in [-0.15, -0.1) is 0 Å². The van der Waals surface area contributed by atoms with E-state index in [1.54, 1.807) is 0 Å². The van der Waals surface area contributed by atoms with Crippen LogP contribution in [0.2, 0.25) is 10.0 Å². The Kier molecular flexibility index (Phi) is 6.74. The minimum atomic E-state index is -4.64. The predicted octanol–water partition coefficient (Wildman–Crippen LogP) is 2.31. The molecule has 0 amide bonds. The lowest BCUT2D eigenvalue weighted by molar-refractivity contribution is -0.137. The van der Waals surface area contributed by atoms with Gasteiger partial charge in [-0.1, -0.05) is 23.2 Å². The number of halogens is 5. The van der Waals surface area contributed by atoms with Crippen LogP contribution in [0.15, 0.2) is 46.5 Å². The number of nitrogens with zero attached hydrogens (tertiary/aromatic N) is 2. The summed E-state index contributed by atoms with van der Waals surface area (Å²) in [6.45, 7) is -2.04. The molecule has 0 radical (unpaired) electrons. The van der Waals surface area contributed by atoms with Crippen molar-refractivity contribution in [1.29, 1.82) is 0 Å². The minimum Gasteiger partial charge on any atom is -0.393 e. The highest BCUT2D eigenvalue weighted by molar-refractivity contribution is 7.89. The lowest BCUT2D eigenvalue weighted by Gasteiger charge is -2.25. The van der Waals surface area contributed by atoms with Gasteiger partial charge in [0.15, 0.2) is 0 Å². The summed E-state index contributed by atoms with van der Waals surface area (Å²) in [5.74, 6) is 0. The number of benzene rings is 1. The number of sulfonamides is 1. The molecule has 0 aliphatic carbocycles. The molecule has 2 aromatic rings. The summed E-state index contributed by atoms with van der Waals surface area (Å²) >= 11 is 11.8. The van der Waals surface area contributed by atoms with Crippen LogP contribution in [0.5, 0.6) is 0 Å². The largest absolute Gasteiger partial charge is 0.417 e. The van der Waals surface area contributed by atoms with Gasteiger partial charge in [-0.3, -0.25) is 4.21 Å². The Morgan fingerprint density at radius 2 is 1.94 bits per heavy atom. The van der Waals surface area contributed by atoms with Crippen molar-refractivity contribution in [2.45, 2.75) is 26.9 Å². The molecular formula is C17H15Cl2F3N2O5S2. The highest BCUT2D eigenvalue weighted by Crippen LogP contribution is 2.35. The Morgan fingerprint density at radius 1 is 1.26 bits per heavy atom. The Morgan fingerprint density at radius 3 is 2.45 bits per heavy atom. The molecule has 14 heteroatoms. The number of β-amino-alcohol motifs (C(OH)–C–C–N with tert-alkyl or cyclic N) is 1. The summed E-state index contributed by atoms with van der Waals surface area (Å²) < 4.78 is 77.9. The molecule has 1 aromatic carbocycles. The molecule has 2 heterocycles. The fourth-order valence-corrected chi connectivity index (χ4v) is 6.94. The summed E-state index contributed by atoms with van der Waals surface area (Å²) in [4.78, 5) is 3.23. The number of aromatic nitrogens is 1. The second-order valence-electron chi connectivity index (χ2n) is 6.80. The van der Waals surface area contributed by atoms with E-state index >= 15 is 0 Å². The predicted molar refractivity (Wildman–Crippen MR) is 107 cm³/mol. The van der Waals surface area contributed by atoms with Gasteiger partial charge in [0, 0.05) is 24.3 Å². The second kappa shape index (κ2) is 8.58. The zero-order chi connectivity index (χ0) is 23.2.